The van der Waals surface area contributed by atoms with E-state index in [1.807, 2.05) is 18.5 Å². The van der Waals surface area contributed by atoms with Crippen LogP contribution >= 0.6 is 0 Å². The topological polar surface area (TPSA) is 67.8 Å². The predicted molar refractivity (Wildman–Crippen MR) is 43.9 cm³/mol. The molecule has 1 heterocycles. The molecule has 0 saturated heterocycles. The molecule has 3 nitrogen and oxygen atoms in total. The Balaban J connectivity index is 2.17. The van der Waals surface area contributed by atoms with Gasteiger partial charge in [0.15, 0.2) is 0 Å². The molecule has 3 heteroatoms. The Labute approximate surface area is 65.8 Å². The van der Waals surface area contributed by atoms with Gasteiger partial charge in [-0.2, -0.15) is 0 Å². The first kappa shape index (κ1) is 6.88. The lowest BCUT2D eigenvalue weighted by Gasteiger charge is -2.16. The number of nitrogens with two attached hydrogens (primary N) is 2. The molecule has 0 aliphatic heterocycles. The van der Waals surface area contributed by atoms with Gasteiger partial charge >= 0.3 is 0 Å². The zero-order chi connectivity index (χ0) is 7.90. The molecule has 11 heavy (non-hydrogen) atoms. The van der Waals surface area contributed by atoms with Gasteiger partial charge in [-0.05, 0) is 24.5 Å². The average Bonchev–Trinajstić information content (AvgIpc) is 2.54. The molecule has 1 aliphatic rings. The maximum Gasteiger partial charge on any atom is 0.0492 e. The van der Waals surface area contributed by atoms with Gasteiger partial charge in [-0.15, -0.1) is 0 Å². The second-order valence-corrected chi connectivity index (χ2v) is 3.36. The first-order valence-electron chi connectivity index (χ1n) is 3.89. The van der Waals surface area contributed by atoms with E-state index >= 15 is 0 Å². The van der Waals surface area contributed by atoms with Crippen molar-refractivity contribution in [3.05, 3.63) is 24.0 Å². The Bertz CT molecular complexity index is 236. The minimum Gasteiger partial charge on any atom is -0.367 e. The lowest BCUT2D eigenvalue weighted by Crippen LogP contribution is -2.35. The fourth-order valence-corrected chi connectivity index (χ4v) is 1.32. The van der Waals surface area contributed by atoms with Gasteiger partial charge in [0.25, 0.3) is 0 Å². The molecule has 2 rings (SSSR count). The van der Waals surface area contributed by atoms with E-state index in [-0.39, 0.29) is 11.6 Å². The fraction of sp³-hybridized carbons (Fsp3) is 0.500. The molecule has 0 bridgehead atoms. The van der Waals surface area contributed by atoms with Gasteiger partial charge in [0.2, 0.25) is 0 Å². The second kappa shape index (κ2) is 2.09. The van der Waals surface area contributed by atoms with Crippen molar-refractivity contribution >= 4 is 0 Å². The van der Waals surface area contributed by atoms with Gasteiger partial charge in [-0.3, -0.25) is 0 Å². The van der Waals surface area contributed by atoms with Gasteiger partial charge in [0.05, 0.1) is 0 Å². The summed E-state index contributed by atoms with van der Waals surface area (Å²) in [7, 11) is 0. The summed E-state index contributed by atoms with van der Waals surface area (Å²) < 4.78 is 0. The summed E-state index contributed by atoms with van der Waals surface area (Å²) in [6.07, 6.45) is 5.90. The van der Waals surface area contributed by atoms with Crippen LogP contribution in [-0.2, 0) is 0 Å². The van der Waals surface area contributed by atoms with Crippen LogP contribution in [0.2, 0.25) is 0 Å². The lowest BCUT2D eigenvalue weighted by atomic mass is 10.0. The number of hydrogen-bond acceptors (Lipinski definition) is 2. The molecular weight excluding hydrogens is 138 g/mol. The van der Waals surface area contributed by atoms with E-state index in [0.29, 0.717) is 0 Å². The van der Waals surface area contributed by atoms with Gasteiger partial charge < -0.3 is 16.5 Å². The average molecular weight is 151 g/mol. The van der Waals surface area contributed by atoms with Crippen LogP contribution in [0, 0.1) is 0 Å². The summed E-state index contributed by atoms with van der Waals surface area (Å²) in [6, 6.07) is 1.99. The Morgan fingerprint density at radius 2 is 2.27 bits per heavy atom. The third-order valence-electron chi connectivity index (χ3n) is 2.43. The summed E-state index contributed by atoms with van der Waals surface area (Å²) in [6.45, 7) is 0. The lowest BCUT2D eigenvalue weighted by molar-refractivity contribution is 0.536. The van der Waals surface area contributed by atoms with E-state index in [0.717, 1.165) is 18.4 Å². The SMILES string of the molecule is NC(c1cc[nH]c1)C1(N)CC1. The van der Waals surface area contributed by atoms with Gasteiger partial charge in [0, 0.05) is 24.0 Å². The molecule has 1 aromatic heterocycles. The smallest absolute Gasteiger partial charge is 0.0492 e. The normalized spacial score (nSPS) is 23.1. The van der Waals surface area contributed by atoms with E-state index in [4.69, 9.17) is 11.5 Å². The highest BCUT2D eigenvalue weighted by Crippen LogP contribution is 2.41. The van der Waals surface area contributed by atoms with Gasteiger partial charge in [0.1, 0.15) is 0 Å². The highest BCUT2D eigenvalue weighted by Gasteiger charge is 2.44. The summed E-state index contributed by atoms with van der Waals surface area (Å²) in [5.41, 5.74) is 12.9. The monoisotopic (exact) mass is 151 g/mol. The summed E-state index contributed by atoms with van der Waals surface area (Å²) in [4.78, 5) is 2.97. The third kappa shape index (κ3) is 1.06. The number of hydrogen-bond donors (Lipinski definition) is 3. The molecule has 1 fully saturated rings. The highest BCUT2D eigenvalue weighted by atomic mass is 14.9. The Kier molecular flexibility index (Phi) is 1.31. The van der Waals surface area contributed by atoms with Crippen LogP contribution < -0.4 is 11.5 Å². The predicted octanol–water partition coefficient (Wildman–Crippen LogP) is 0.506. The van der Waals surface area contributed by atoms with Crippen molar-refractivity contribution in [2.24, 2.45) is 11.5 Å². The minimum atomic E-state index is -0.109. The van der Waals surface area contributed by atoms with Crippen molar-refractivity contribution in [2.45, 2.75) is 24.4 Å². The van der Waals surface area contributed by atoms with Crippen molar-refractivity contribution in [2.75, 3.05) is 0 Å². The molecule has 0 amide bonds. The zero-order valence-corrected chi connectivity index (χ0v) is 6.38. The third-order valence-corrected chi connectivity index (χ3v) is 2.43. The van der Waals surface area contributed by atoms with E-state index in [9.17, 15) is 0 Å². The number of rotatable bonds is 2. The fourth-order valence-electron chi connectivity index (χ4n) is 1.32. The van der Waals surface area contributed by atoms with Crippen molar-refractivity contribution in [3.63, 3.8) is 0 Å². The first-order chi connectivity index (χ1) is 5.22. The van der Waals surface area contributed by atoms with Crippen LogP contribution in [0.5, 0.6) is 0 Å². The Morgan fingerprint density at radius 3 is 2.73 bits per heavy atom. The van der Waals surface area contributed by atoms with Crippen LogP contribution in [0.4, 0.5) is 0 Å². The molecule has 0 spiro atoms. The molecule has 0 aromatic carbocycles. The summed E-state index contributed by atoms with van der Waals surface area (Å²) in [5, 5.41) is 0. The number of aromatic amines is 1. The molecule has 60 valence electrons. The van der Waals surface area contributed by atoms with E-state index in [2.05, 4.69) is 4.98 Å². The largest absolute Gasteiger partial charge is 0.367 e. The van der Waals surface area contributed by atoms with Crippen LogP contribution in [0.15, 0.2) is 18.5 Å². The maximum absolute atomic E-state index is 5.94. The zero-order valence-electron chi connectivity index (χ0n) is 6.38. The second-order valence-electron chi connectivity index (χ2n) is 3.36. The number of nitrogens with one attached hydrogen (secondary N) is 1. The van der Waals surface area contributed by atoms with Gasteiger partial charge in [-0.1, -0.05) is 0 Å². The maximum atomic E-state index is 5.94. The minimum absolute atomic E-state index is 0.00810. The first-order valence-corrected chi connectivity index (χ1v) is 3.89. The van der Waals surface area contributed by atoms with Crippen molar-refractivity contribution in [3.8, 4) is 0 Å². The Hall–Kier alpha value is -0.800. The molecule has 1 unspecified atom stereocenters. The van der Waals surface area contributed by atoms with E-state index < -0.39 is 0 Å². The molecule has 1 atom stereocenters. The molecule has 5 N–H and O–H groups in total. The van der Waals surface area contributed by atoms with Crippen LogP contribution in [-0.4, -0.2) is 10.5 Å². The molecule has 1 saturated carbocycles. The number of aromatic nitrogens is 1. The van der Waals surface area contributed by atoms with E-state index in [1.165, 1.54) is 0 Å². The summed E-state index contributed by atoms with van der Waals surface area (Å²) in [5.74, 6) is 0. The molecular formula is C8H13N3. The van der Waals surface area contributed by atoms with E-state index in [1.54, 1.807) is 0 Å². The van der Waals surface area contributed by atoms with Crippen LogP contribution in [0.25, 0.3) is 0 Å². The Morgan fingerprint density at radius 1 is 1.55 bits per heavy atom. The van der Waals surface area contributed by atoms with Crippen LogP contribution in [0.3, 0.4) is 0 Å². The summed E-state index contributed by atoms with van der Waals surface area (Å²) >= 11 is 0. The number of H-pyrrole nitrogens is 1. The highest BCUT2D eigenvalue weighted by molar-refractivity contribution is 5.23. The van der Waals surface area contributed by atoms with Crippen molar-refractivity contribution in [1.29, 1.82) is 0 Å². The molecule has 1 aromatic rings. The van der Waals surface area contributed by atoms with Gasteiger partial charge in [-0.25, -0.2) is 0 Å². The standard InChI is InChI=1S/C8H13N3/c9-7(8(10)2-3-8)6-1-4-11-5-6/h1,4-5,7,11H,2-3,9-10H2. The molecule has 1 aliphatic carbocycles. The quantitative estimate of drug-likeness (QED) is 0.576. The van der Waals surface area contributed by atoms with Crippen molar-refractivity contribution < 1.29 is 0 Å². The van der Waals surface area contributed by atoms with Crippen LogP contribution in [0.1, 0.15) is 24.4 Å². The molecule has 0 radical (unpaired) electrons. The van der Waals surface area contributed by atoms with Crippen molar-refractivity contribution in [1.82, 2.24) is 4.98 Å².